The highest BCUT2D eigenvalue weighted by molar-refractivity contribution is 5.75. The maximum atomic E-state index is 12.6. The molecule has 0 aromatic heterocycles. The first-order valence-electron chi connectivity index (χ1n) is 7.82. The van der Waals surface area contributed by atoms with Crippen LogP contribution in [0.3, 0.4) is 0 Å². The van der Waals surface area contributed by atoms with Crippen LogP contribution in [0.4, 0.5) is 4.79 Å². The van der Waals surface area contributed by atoms with Gasteiger partial charge in [-0.15, -0.1) is 0 Å². The van der Waals surface area contributed by atoms with Crippen LogP contribution < -0.4 is 0 Å². The molecule has 0 aromatic rings. The number of ether oxygens (including phenoxy) is 1. The predicted molar refractivity (Wildman–Crippen MR) is 78.1 cm³/mol. The third kappa shape index (κ3) is 4.33. The van der Waals surface area contributed by atoms with Crippen molar-refractivity contribution in [3.63, 3.8) is 0 Å². The molecule has 120 valence electrons. The number of amides is 2. The molecule has 0 radical (unpaired) electrons. The first kappa shape index (κ1) is 16.1. The standard InChI is InChI=1S/C15H26N2O4/c1-11-4-3-5-12(8-11)16(2)15(20)17-6-7-21-13(10-17)9-14(18)19/h11-13H,3-10H2,1-2H3,(H,18,19). The molecule has 6 nitrogen and oxygen atoms in total. The van der Waals surface area contributed by atoms with E-state index in [0.29, 0.717) is 31.7 Å². The van der Waals surface area contributed by atoms with Crippen molar-refractivity contribution in [2.75, 3.05) is 26.7 Å². The number of carboxylic acids is 1. The summed E-state index contributed by atoms with van der Waals surface area (Å²) in [5.74, 6) is -0.216. The van der Waals surface area contributed by atoms with E-state index in [1.807, 2.05) is 11.9 Å². The number of aliphatic carboxylic acids is 1. The van der Waals surface area contributed by atoms with Crippen LogP contribution in [0.1, 0.15) is 39.0 Å². The summed E-state index contributed by atoms with van der Waals surface area (Å²) >= 11 is 0. The molecule has 0 spiro atoms. The Balaban J connectivity index is 1.90. The fraction of sp³-hybridized carbons (Fsp3) is 0.867. The molecule has 1 heterocycles. The van der Waals surface area contributed by atoms with Crippen molar-refractivity contribution in [3.8, 4) is 0 Å². The molecule has 2 fully saturated rings. The summed E-state index contributed by atoms with van der Waals surface area (Å²) < 4.78 is 5.42. The highest BCUT2D eigenvalue weighted by Gasteiger charge is 2.31. The molecule has 6 heteroatoms. The summed E-state index contributed by atoms with van der Waals surface area (Å²) in [5, 5.41) is 8.84. The third-order valence-corrected chi connectivity index (χ3v) is 4.57. The van der Waals surface area contributed by atoms with Crippen molar-refractivity contribution in [1.29, 1.82) is 0 Å². The van der Waals surface area contributed by atoms with Gasteiger partial charge in [-0.05, 0) is 18.8 Å². The maximum absolute atomic E-state index is 12.6. The molecule has 2 aliphatic rings. The van der Waals surface area contributed by atoms with E-state index in [9.17, 15) is 9.59 Å². The van der Waals surface area contributed by atoms with Crippen LogP contribution in [0.5, 0.6) is 0 Å². The first-order valence-corrected chi connectivity index (χ1v) is 7.82. The molecule has 3 unspecified atom stereocenters. The molecule has 2 amide bonds. The minimum atomic E-state index is -0.885. The zero-order valence-electron chi connectivity index (χ0n) is 13.0. The summed E-state index contributed by atoms with van der Waals surface area (Å²) in [7, 11) is 1.87. The van der Waals surface area contributed by atoms with E-state index >= 15 is 0 Å². The Morgan fingerprint density at radius 2 is 2.14 bits per heavy atom. The normalized spacial score (nSPS) is 30.0. The van der Waals surface area contributed by atoms with Gasteiger partial charge in [0.1, 0.15) is 0 Å². The zero-order valence-corrected chi connectivity index (χ0v) is 13.0. The van der Waals surface area contributed by atoms with Gasteiger partial charge in [0.25, 0.3) is 0 Å². The number of morpholine rings is 1. The molecule has 1 N–H and O–H groups in total. The minimum Gasteiger partial charge on any atom is -0.481 e. The average molecular weight is 298 g/mol. The largest absolute Gasteiger partial charge is 0.481 e. The Labute approximate surface area is 126 Å². The maximum Gasteiger partial charge on any atom is 0.320 e. The second-order valence-corrected chi connectivity index (χ2v) is 6.36. The number of rotatable bonds is 3. The van der Waals surface area contributed by atoms with E-state index in [0.717, 1.165) is 12.8 Å². The van der Waals surface area contributed by atoms with Gasteiger partial charge in [0.2, 0.25) is 0 Å². The van der Waals surface area contributed by atoms with Crippen molar-refractivity contribution in [2.24, 2.45) is 5.92 Å². The second-order valence-electron chi connectivity index (χ2n) is 6.36. The lowest BCUT2D eigenvalue weighted by molar-refractivity contribution is -0.141. The Morgan fingerprint density at radius 3 is 2.81 bits per heavy atom. The van der Waals surface area contributed by atoms with Crippen LogP contribution in [0.15, 0.2) is 0 Å². The van der Waals surface area contributed by atoms with E-state index in [-0.39, 0.29) is 18.6 Å². The Kier molecular flexibility index (Phi) is 5.45. The molecule has 21 heavy (non-hydrogen) atoms. The number of hydrogen-bond donors (Lipinski definition) is 1. The highest BCUT2D eigenvalue weighted by atomic mass is 16.5. The van der Waals surface area contributed by atoms with Crippen molar-refractivity contribution in [2.45, 2.75) is 51.2 Å². The van der Waals surface area contributed by atoms with Crippen LogP contribution in [0, 0.1) is 5.92 Å². The topological polar surface area (TPSA) is 70.1 Å². The molecule has 1 aliphatic heterocycles. The lowest BCUT2D eigenvalue weighted by Crippen LogP contribution is -2.53. The second kappa shape index (κ2) is 7.11. The highest BCUT2D eigenvalue weighted by Crippen LogP contribution is 2.27. The van der Waals surface area contributed by atoms with Crippen LogP contribution in [0.2, 0.25) is 0 Å². The molecule has 2 rings (SSSR count). The number of carbonyl (C=O) groups is 2. The monoisotopic (exact) mass is 298 g/mol. The lowest BCUT2D eigenvalue weighted by atomic mass is 9.86. The van der Waals surface area contributed by atoms with Gasteiger partial charge in [-0.3, -0.25) is 4.79 Å². The molecule has 0 bridgehead atoms. The van der Waals surface area contributed by atoms with Gasteiger partial charge in [0, 0.05) is 26.2 Å². The van der Waals surface area contributed by atoms with Gasteiger partial charge >= 0.3 is 12.0 Å². The molecule has 1 saturated heterocycles. The molecule has 3 atom stereocenters. The minimum absolute atomic E-state index is 0.00721. The SMILES string of the molecule is CC1CCCC(N(C)C(=O)N2CCOC(CC(=O)O)C2)C1. The summed E-state index contributed by atoms with van der Waals surface area (Å²) in [4.78, 5) is 26.9. The van der Waals surface area contributed by atoms with E-state index < -0.39 is 5.97 Å². The molecule has 1 saturated carbocycles. The summed E-state index contributed by atoms with van der Waals surface area (Å²) in [6.07, 6.45) is 4.11. The van der Waals surface area contributed by atoms with Crippen LogP contribution >= 0.6 is 0 Å². The van der Waals surface area contributed by atoms with Gasteiger partial charge in [0.05, 0.1) is 19.1 Å². The average Bonchev–Trinajstić information content (AvgIpc) is 2.45. The van der Waals surface area contributed by atoms with Gasteiger partial charge < -0.3 is 19.6 Å². The van der Waals surface area contributed by atoms with Gasteiger partial charge in [-0.2, -0.15) is 0 Å². The molecule has 1 aliphatic carbocycles. The van der Waals surface area contributed by atoms with Crippen LogP contribution in [-0.4, -0.2) is 65.8 Å². The fourth-order valence-corrected chi connectivity index (χ4v) is 3.34. The predicted octanol–water partition coefficient (Wildman–Crippen LogP) is 1.79. The summed E-state index contributed by atoms with van der Waals surface area (Å²) in [6, 6.07) is 0.315. The van der Waals surface area contributed by atoms with E-state index in [1.165, 1.54) is 12.8 Å². The molecule has 0 aromatic carbocycles. The number of carboxylic acid groups (broad SMARTS) is 1. The van der Waals surface area contributed by atoms with Gasteiger partial charge in [0.15, 0.2) is 0 Å². The van der Waals surface area contributed by atoms with Crippen molar-refractivity contribution >= 4 is 12.0 Å². The van der Waals surface area contributed by atoms with Crippen LogP contribution in [0.25, 0.3) is 0 Å². The Bertz CT molecular complexity index is 388. The van der Waals surface area contributed by atoms with Crippen LogP contribution in [-0.2, 0) is 9.53 Å². The molecular weight excluding hydrogens is 272 g/mol. The van der Waals surface area contributed by atoms with Gasteiger partial charge in [-0.1, -0.05) is 19.8 Å². The van der Waals surface area contributed by atoms with E-state index in [4.69, 9.17) is 9.84 Å². The molecular formula is C15H26N2O4. The van der Waals surface area contributed by atoms with E-state index in [1.54, 1.807) is 4.90 Å². The third-order valence-electron chi connectivity index (χ3n) is 4.57. The number of carbonyl (C=O) groups excluding carboxylic acids is 1. The van der Waals surface area contributed by atoms with Crippen molar-refractivity contribution in [1.82, 2.24) is 9.80 Å². The van der Waals surface area contributed by atoms with Gasteiger partial charge in [-0.25, -0.2) is 4.79 Å². The Morgan fingerprint density at radius 1 is 1.38 bits per heavy atom. The Hall–Kier alpha value is -1.30. The number of nitrogens with zero attached hydrogens (tertiary/aromatic N) is 2. The van der Waals surface area contributed by atoms with E-state index in [2.05, 4.69) is 6.92 Å². The number of urea groups is 1. The summed E-state index contributed by atoms with van der Waals surface area (Å²) in [6.45, 7) is 3.57. The number of hydrogen-bond acceptors (Lipinski definition) is 3. The lowest BCUT2D eigenvalue weighted by Gasteiger charge is -2.39. The summed E-state index contributed by atoms with van der Waals surface area (Å²) in [5.41, 5.74) is 0. The fourth-order valence-electron chi connectivity index (χ4n) is 3.34. The van der Waals surface area contributed by atoms with Crippen molar-refractivity contribution < 1.29 is 19.4 Å². The zero-order chi connectivity index (χ0) is 15.4. The smallest absolute Gasteiger partial charge is 0.320 e. The first-order chi connectivity index (χ1) is 9.97. The quantitative estimate of drug-likeness (QED) is 0.862. The van der Waals surface area contributed by atoms with Crippen molar-refractivity contribution in [3.05, 3.63) is 0 Å².